The van der Waals surface area contributed by atoms with Gasteiger partial charge in [0.15, 0.2) is 11.6 Å². The Hall–Kier alpha value is -3.34. The number of methoxy groups -OCH3 is 1. The average Bonchev–Trinajstić information content (AvgIpc) is 3.34. The zero-order valence-corrected chi connectivity index (χ0v) is 13.9. The van der Waals surface area contributed by atoms with Gasteiger partial charge in [0.05, 0.1) is 7.11 Å². The van der Waals surface area contributed by atoms with Gasteiger partial charge in [0.25, 0.3) is 0 Å². The van der Waals surface area contributed by atoms with Crippen LogP contribution in [0.1, 0.15) is 5.56 Å². The van der Waals surface area contributed by atoms with Crippen LogP contribution in [0.4, 0.5) is 0 Å². The van der Waals surface area contributed by atoms with E-state index in [1.54, 1.807) is 7.11 Å². The standard InChI is InChI=1S/C20H18N4O/c1-25-18-9-7-16(8-10-18)19-21-20(23-22-19)17-6-4-5-15(13-17)14-24-11-2-3-12-24/h2-13H,14H2,1H3,(H,21,22,23). The van der Waals surface area contributed by atoms with Gasteiger partial charge < -0.3 is 9.30 Å². The zero-order chi connectivity index (χ0) is 17.1. The van der Waals surface area contributed by atoms with Gasteiger partial charge in [0, 0.05) is 30.1 Å². The maximum atomic E-state index is 5.19. The molecule has 0 aliphatic carbocycles. The summed E-state index contributed by atoms with van der Waals surface area (Å²) >= 11 is 0. The Bertz CT molecular complexity index is 956. The summed E-state index contributed by atoms with van der Waals surface area (Å²) < 4.78 is 7.33. The Morgan fingerprint density at radius 2 is 1.76 bits per heavy atom. The summed E-state index contributed by atoms with van der Waals surface area (Å²) in [6.45, 7) is 0.830. The van der Waals surface area contributed by atoms with Crippen LogP contribution in [0.3, 0.4) is 0 Å². The first-order chi connectivity index (χ1) is 12.3. The van der Waals surface area contributed by atoms with Crippen LogP contribution in [0.5, 0.6) is 5.75 Å². The highest BCUT2D eigenvalue weighted by atomic mass is 16.5. The molecule has 0 unspecified atom stereocenters. The number of benzene rings is 2. The van der Waals surface area contributed by atoms with Crippen LogP contribution in [0.2, 0.25) is 0 Å². The molecule has 0 spiro atoms. The molecule has 0 amide bonds. The minimum absolute atomic E-state index is 0.695. The third kappa shape index (κ3) is 3.30. The highest BCUT2D eigenvalue weighted by Crippen LogP contribution is 2.23. The summed E-state index contributed by atoms with van der Waals surface area (Å²) in [6, 6.07) is 20.1. The molecule has 2 heterocycles. The molecule has 1 N–H and O–H groups in total. The summed E-state index contributed by atoms with van der Waals surface area (Å²) in [5.74, 6) is 2.26. The van der Waals surface area contributed by atoms with E-state index in [4.69, 9.17) is 4.74 Å². The van der Waals surface area contributed by atoms with Crippen molar-refractivity contribution in [2.24, 2.45) is 0 Å². The molecule has 0 fully saturated rings. The molecule has 0 saturated heterocycles. The highest BCUT2D eigenvalue weighted by Gasteiger charge is 2.08. The fourth-order valence-electron chi connectivity index (χ4n) is 2.76. The van der Waals surface area contributed by atoms with Gasteiger partial charge in [0.2, 0.25) is 0 Å². The fraction of sp³-hybridized carbons (Fsp3) is 0.100. The molecule has 0 aliphatic rings. The summed E-state index contributed by atoms with van der Waals surface area (Å²) in [5, 5.41) is 7.39. The predicted octanol–water partition coefficient (Wildman–Crippen LogP) is 4.00. The van der Waals surface area contributed by atoms with Crippen LogP contribution >= 0.6 is 0 Å². The second kappa shape index (κ2) is 6.65. The molecular weight excluding hydrogens is 312 g/mol. The first kappa shape index (κ1) is 15.2. The molecule has 0 saturated carbocycles. The lowest BCUT2D eigenvalue weighted by Gasteiger charge is -2.04. The molecule has 0 aliphatic heterocycles. The smallest absolute Gasteiger partial charge is 0.181 e. The van der Waals surface area contributed by atoms with Gasteiger partial charge in [0.1, 0.15) is 5.75 Å². The lowest BCUT2D eigenvalue weighted by atomic mass is 10.1. The first-order valence-electron chi connectivity index (χ1n) is 8.09. The van der Waals surface area contributed by atoms with Crippen molar-refractivity contribution in [2.45, 2.75) is 6.54 Å². The zero-order valence-electron chi connectivity index (χ0n) is 13.9. The molecule has 0 bridgehead atoms. The van der Waals surface area contributed by atoms with Gasteiger partial charge in [-0.3, -0.25) is 5.10 Å². The van der Waals surface area contributed by atoms with Crippen molar-refractivity contribution in [3.05, 3.63) is 78.6 Å². The maximum Gasteiger partial charge on any atom is 0.181 e. The summed E-state index contributed by atoms with van der Waals surface area (Å²) in [5.41, 5.74) is 3.19. The van der Waals surface area contributed by atoms with Crippen molar-refractivity contribution in [3.8, 4) is 28.5 Å². The van der Waals surface area contributed by atoms with E-state index >= 15 is 0 Å². The van der Waals surface area contributed by atoms with Gasteiger partial charge in [-0.1, -0.05) is 18.2 Å². The quantitative estimate of drug-likeness (QED) is 0.602. The Morgan fingerprint density at radius 3 is 2.52 bits per heavy atom. The van der Waals surface area contributed by atoms with Crippen LogP contribution in [-0.4, -0.2) is 26.9 Å². The molecule has 0 radical (unpaired) electrons. The molecule has 5 nitrogen and oxygen atoms in total. The number of rotatable bonds is 5. The van der Waals surface area contributed by atoms with Crippen molar-refractivity contribution in [2.75, 3.05) is 7.11 Å². The van der Waals surface area contributed by atoms with E-state index in [0.717, 1.165) is 29.2 Å². The molecule has 2 aromatic heterocycles. The number of nitrogens with one attached hydrogen (secondary N) is 1. The second-order valence-electron chi connectivity index (χ2n) is 5.79. The summed E-state index contributed by atoms with van der Waals surface area (Å²) in [7, 11) is 1.66. The van der Waals surface area contributed by atoms with E-state index in [0.29, 0.717) is 5.82 Å². The lowest BCUT2D eigenvalue weighted by molar-refractivity contribution is 0.415. The van der Waals surface area contributed by atoms with E-state index in [-0.39, 0.29) is 0 Å². The van der Waals surface area contributed by atoms with E-state index in [2.05, 4.69) is 44.3 Å². The average molecular weight is 330 g/mol. The number of nitrogens with zero attached hydrogens (tertiary/aromatic N) is 3. The maximum absolute atomic E-state index is 5.19. The van der Waals surface area contributed by atoms with Gasteiger partial charge in [-0.25, -0.2) is 4.98 Å². The number of aromatic nitrogens is 4. The van der Waals surface area contributed by atoms with Crippen molar-refractivity contribution >= 4 is 0 Å². The van der Waals surface area contributed by atoms with Gasteiger partial charge >= 0.3 is 0 Å². The number of hydrogen-bond donors (Lipinski definition) is 1. The number of H-pyrrole nitrogens is 1. The van der Waals surface area contributed by atoms with Gasteiger partial charge in [-0.05, 0) is 48.0 Å². The fourth-order valence-corrected chi connectivity index (χ4v) is 2.76. The molecule has 2 aromatic carbocycles. The Kier molecular flexibility index (Phi) is 4.04. The molecule has 124 valence electrons. The second-order valence-corrected chi connectivity index (χ2v) is 5.79. The van der Waals surface area contributed by atoms with Gasteiger partial charge in [-0.2, -0.15) is 5.10 Å². The normalized spacial score (nSPS) is 10.8. The SMILES string of the molecule is COc1ccc(-c2nc(-c3cccc(Cn4cccc4)c3)n[nH]2)cc1. The lowest BCUT2D eigenvalue weighted by Crippen LogP contribution is -1.96. The van der Waals surface area contributed by atoms with Crippen LogP contribution in [0.25, 0.3) is 22.8 Å². The first-order valence-corrected chi connectivity index (χ1v) is 8.09. The van der Waals surface area contributed by atoms with Gasteiger partial charge in [-0.15, -0.1) is 0 Å². The van der Waals surface area contributed by atoms with E-state index < -0.39 is 0 Å². The minimum Gasteiger partial charge on any atom is -0.497 e. The number of hydrogen-bond acceptors (Lipinski definition) is 3. The summed E-state index contributed by atoms with van der Waals surface area (Å²) in [6.07, 6.45) is 4.11. The van der Waals surface area contributed by atoms with Crippen molar-refractivity contribution < 1.29 is 4.74 Å². The van der Waals surface area contributed by atoms with Crippen molar-refractivity contribution in [1.29, 1.82) is 0 Å². The van der Waals surface area contributed by atoms with Crippen LogP contribution in [0, 0.1) is 0 Å². The largest absolute Gasteiger partial charge is 0.497 e. The molecule has 5 heteroatoms. The Labute approximate surface area is 145 Å². The van der Waals surface area contributed by atoms with Crippen molar-refractivity contribution in [3.63, 3.8) is 0 Å². The van der Waals surface area contributed by atoms with Crippen LogP contribution < -0.4 is 4.74 Å². The van der Waals surface area contributed by atoms with Crippen LogP contribution in [-0.2, 0) is 6.54 Å². The Morgan fingerprint density at radius 1 is 0.960 bits per heavy atom. The third-order valence-electron chi connectivity index (χ3n) is 4.07. The molecular formula is C20H18N4O. The number of ether oxygens (including phenoxy) is 1. The molecule has 25 heavy (non-hydrogen) atoms. The molecule has 4 rings (SSSR count). The monoisotopic (exact) mass is 330 g/mol. The van der Waals surface area contributed by atoms with Crippen molar-refractivity contribution in [1.82, 2.24) is 19.7 Å². The van der Waals surface area contributed by atoms with Crippen LogP contribution in [0.15, 0.2) is 73.1 Å². The predicted molar refractivity (Wildman–Crippen MR) is 97.3 cm³/mol. The Balaban J connectivity index is 1.59. The van der Waals surface area contributed by atoms with E-state index in [1.807, 2.05) is 48.5 Å². The van der Waals surface area contributed by atoms with E-state index in [1.165, 1.54) is 5.56 Å². The molecule has 0 atom stereocenters. The third-order valence-corrected chi connectivity index (χ3v) is 4.07. The summed E-state index contributed by atoms with van der Waals surface area (Å²) in [4.78, 5) is 4.63. The topological polar surface area (TPSA) is 55.7 Å². The molecule has 4 aromatic rings. The highest BCUT2D eigenvalue weighted by molar-refractivity contribution is 5.62. The number of aromatic amines is 1. The van der Waals surface area contributed by atoms with E-state index in [9.17, 15) is 0 Å². The minimum atomic E-state index is 0.695.